The van der Waals surface area contributed by atoms with Gasteiger partial charge in [0.05, 0.1) is 37.4 Å². The standard InChI is InChI=1S/C24H23ClN4O3/c1-31-23-15-21(28-27-20-4-2-3-18(25)14-20)13-17(24(23)30)16-26-19-5-7-22(8-6-19)29-9-11-32-12-10-29/h2-8,13-16,30H,9-12H2,1H3. The van der Waals surface area contributed by atoms with Gasteiger partial charge in [-0.05, 0) is 48.5 Å². The number of hydrogen-bond acceptors (Lipinski definition) is 7. The Bertz CT molecular complexity index is 1130. The van der Waals surface area contributed by atoms with Crippen LogP contribution < -0.4 is 9.64 Å². The number of nitrogens with zero attached hydrogens (tertiary/aromatic N) is 4. The molecule has 1 saturated heterocycles. The third-order valence-electron chi connectivity index (χ3n) is 4.98. The lowest BCUT2D eigenvalue weighted by atomic mass is 10.1. The number of phenolic OH excluding ortho intramolecular Hbond substituents is 1. The highest BCUT2D eigenvalue weighted by Crippen LogP contribution is 2.35. The summed E-state index contributed by atoms with van der Waals surface area (Å²) < 4.78 is 10.7. The van der Waals surface area contributed by atoms with Gasteiger partial charge in [-0.3, -0.25) is 4.99 Å². The highest BCUT2D eigenvalue weighted by molar-refractivity contribution is 6.30. The zero-order chi connectivity index (χ0) is 22.3. The van der Waals surface area contributed by atoms with Gasteiger partial charge < -0.3 is 19.5 Å². The maximum Gasteiger partial charge on any atom is 0.166 e. The van der Waals surface area contributed by atoms with Gasteiger partial charge in [0.25, 0.3) is 0 Å². The van der Waals surface area contributed by atoms with Gasteiger partial charge in [-0.1, -0.05) is 17.7 Å². The second-order valence-corrected chi connectivity index (χ2v) is 7.58. The minimum Gasteiger partial charge on any atom is -0.504 e. The molecular weight excluding hydrogens is 428 g/mol. The van der Waals surface area contributed by atoms with Crippen LogP contribution in [-0.4, -0.2) is 44.7 Å². The molecule has 0 saturated carbocycles. The average molecular weight is 451 g/mol. The fourth-order valence-electron chi connectivity index (χ4n) is 3.29. The van der Waals surface area contributed by atoms with E-state index in [9.17, 15) is 5.11 Å². The summed E-state index contributed by atoms with van der Waals surface area (Å²) in [6.45, 7) is 3.25. The van der Waals surface area contributed by atoms with Crippen LogP contribution in [0.3, 0.4) is 0 Å². The number of rotatable bonds is 6. The molecule has 7 nitrogen and oxygen atoms in total. The molecule has 3 aromatic carbocycles. The Morgan fingerprint density at radius 2 is 1.72 bits per heavy atom. The van der Waals surface area contributed by atoms with Crippen LogP contribution in [0.1, 0.15) is 5.56 Å². The second kappa shape index (κ2) is 10.3. The smallest absolute Gasteiger partial charge is 0.166 e. The van der Waals surface area contributed by atoms with Crippen LogP contribution in [0.2, 0.25) is 5.02 Å². The van der Waals surface area contributed by atoms with Crippen molar-refractivity contribution < 1.29 is 14.6 Å². The fraction of sp³-hybridized carbons (Fsp3) is 0.208. The predicted octanol–water partition coefficient (Wildman–Crippen LogP) is 6.06. The van der Waals surface area contributed by atoms with Gasteiger partial charge in [0.2, 0.25) is 0 Å². The summed E-state index contributed by atoms with van der Waals surface area (Å²) in [4.78, 5) is 6.78. The molecule has 0 aliphatic carbocycles. The quantitative estimate of drug-likeness (QED) is 0.366. The van der Waals surface area contributed by atoms with Gasteiger partial charge >= 0.3 is 0 Å². The lowest BCUT2D eigenvalue weighted by Gasteiger charge is -2.28. The van der Waals surface area contributed by atoms with Crippen LogP contribution in [0.15, 0.2) is 75.9 Å². The van der Waals surface area contributed by atoms with E-state index < -0.39 is 0 Å². The van der Waals surface area contributed by atoms with Crippen molar-refractivity contribution in [2.45, 2.75) is 0 Å². The topological polar surface area (TPSA) is 79.0 Å². The average Bonchev–Trinajstić information content (AvgIpc) is 2.83. The predicted molar refractivity (Wildman–Crippen MR) is 127 cm³/mol. The van der Waals surface area contributed by atoms with Crippen LogP contribution in [0.4, 0.5) is 22.7 Å². The summed E-state index contributed by atoms with van der Waals surface area (Å²) in [6, 6.07) is 18.3. The molecule has 0 amide bonds. The van der Waals surface area contributed by atoms with Crippen molar-refractivity contribution in [3.8, 4) is 11.5 Å². The van der Waals surface area contributed by atoms with Gasteiger partial charge in [0.15, 0.2) is 11.5 Å². The Labute approximate surface area is 191 Å². The number of anilines is 1. The maximum atomic E-state index is 10.5. The Hall–Kier alpha value is -3.42. The minimum atomic E-state index is -0.0112. The third kappa shape index (κ3) is 5.43. The van der Waals surface area contributed by atoms with Gasteiger partial charge in [-0.25, -0.2) is 0 Å². The molecule has 8 heteroatoms. The van der Waals surface area contributed by atoms with Crippen molar-refractivity contribution in [2.24, 2.45) is 15.2 Å². The molecule has 1 aliphatic heterocycles. The number of aliphatic imine (C=N–C) groups is 1. The van der Waals surface area contributed by atoms with E-state index in [2.05, 4.69) is 20.1 Å². The lowest BCUT2D eigenvalue weighted by Crippen LogP contribution is -2.36. The first kappa shape index (κ1) is 21.8. The SMILES string of the molecule is COc1cc(N=Nc2cccc(Cl)c2)cc(C=Nc2ccc(N3CCOCC3)cc2)c1O. The molecular formula is C24H23ClN4O3. The van der Waals surface area contributed by atoms with Crippen LogP contribution in [0, 0.1) is 0 Å². The van der Waals surface area contributed by atoms with Crippen LogP contribution in [0.25, 0.3) is 0 Å². The van der Waals surface area contributed by atoms with Crippen molar-refractivity contribution >= 4 is 40.6 Å². The van der Waals surface area contributed by atoms with E-state index in [1.54, 1.807) is 42.6 Å². The van der Waals surface area contributed by atoms with E-state index in [0.29, 0.717) is 22.0 Å². The summed E-state index contributed by atoms with van der Waals surface area (Å²) in [7, 11) is 1.48. The van der Waals surface area contributed by atoms with Crippen molar-refractivity contribution in [1.82, 2.24) is 0 Å². The van der Waals surface area contributed by atoms with E-state index in [-0.39, 0.29) is 11.5 Å². The first-order chi connectivity index (χ1) is 15.6. The van der Waals surface area contributed by atoms with Crippen LogP contribution in [0.5, 0.6) is 11.5 Å². The van der Waals surface area contributed by atoms with Crippen LogP contribution in [-0.2, 0) is 4.74 Å². The molecule has 3 aromatic rings. The Morgan fingerprint density at radius 1 is 0.969 bits per heavy atom. The number of benzene rings is 3. The maximum absolute atomic E-state index is 10.5. The summed E-state index contributed by atoms with van der Waals surface area (Å²) in [5.74, 6) is 0.277. The fourth-order valence-corrected chi connectivity index (χ4v) is 3.48. The summed E-state index contributed by atoms with van der Waals surface area (Å²) in [6.07, 6.45) is 1.58. The number of aromatic hydroxyl groups is 1. The van der Waals surface area contributed by atoms with Gasteiger partial charge in [0.1, 0.15) is 0 Å². The molecule has 164 valence electrons. The number of phenols is 1. The Balaban J connectivity index is 1.54. The van der Waals surface area contributed by atoms with E-state index in [4.69, 9.17) is 21.1 Å². The molecule has 1 N–H and O–H groups in total. The second-order valence-electron chi connectivity index (χ2n) is 7.14. The van der Waals surface area contributed by atoms with E-state index in [1.165, 1.54) is 7.11 Å². The summed E-state index contributed by atoms with van der Waals surface area (Å²) >= 11 is 5.99. The molecule has 0 aromatic heterocycles. The summed E-state index contributed by atoms with van der Waals surface area (Å²) in [5, 5.41) is 19.5. The number of hydrogen-bond donors (Lipinski definition) is 1. The van der Waals surface area contributed by atoms with Crippen molar-refractivity contribution in [3.05, 3.63) is 71.2 Å². The molecule has 1 heterocycles. The number of morpholine rings is 1. The van der Waals surface area contributed by atoms with Crippen LogP contribution >= 0.6 is 11.6 Å². The molecule has 32 heavy (non-hydrogen) atoms. The van der Waals surface area contributed by atoms with E-state index in [0.717, 1.165) is 37.7 Å². The highest BCUT2D eigenvalue weighted by atomic mass is 35.5. The summed E-state index contributed by atoms with van der Waals surface area (Å²) in [5.41, 5.74) is 3.53. The monoisotopic (exact) mass is 450 g/mol. The molecule has 4 rings (SSSR count). The molecule has 0 spiro atoms. The molecule has 1 fully saturated rings. The van der Waals surface area contributed by atoms with Crippen molar-refractivity contribution in [2.75, 3.05) is 38.3 Å². The molecule has 0 bridgehead atoms. The van der Waals surface area contributed by atoms with Crippen molar-refractivity contribution in [3.63, 3.8) is 0 Å². The molecule has 0 atom stereocenters. The van der Waals surface area contributed by atoms with E-state index >= 15 is 0 Å². The first-order valence-corrected chi connectivity index (χ1v) is 10.6. The number of azo groups is 1. The number of methoxy groups -OCH3 is 1. The minimum absolute atomic E-state index is 0.0112. The number of ether oxygens (including phenoxy) is 2. The Morgan fingerprint density at radius 3 is 2.44 bits per heavy atom. The first-order valence-electron chi connectivity index (χ1n) is 10.2. The third-order valence-corrected chi connectivity index (χ3v) is 5.21. The lowest BCUT2D eigenvalue weighted by molar-refractivity contribution is 0.122. The van der Waals surface area contributed by atoms with Gasteiger partial charge in [-0.2, -0.15) is 10.2 Å². The molecule has 0 radical (unpaired) electrons. The Kier molecular flexibility index (Phi) is 6.99. The van der Waals surface area contributed by atoms with Crippen molar-refractivity contribution in [1.29, 1.82) is 0 Å². The highest BCUT2D eigenvalue weighted by Gasteiger charge is 2.11. The van der Waals surface area contributed by atoms with E-state index in [1.807, 2.05) is 24.3 Å². The zero-order valence-corrected chi connectivity index (χ0v) is 18.4. The largest absolute Gasteiger partial charge is 0.504 e. The number of halogens is 1. The normalized spacial score (nSPS) is 14.4. The molecule has 1 aliphatic rings. The van der Waals surface area contributed by atoms with Gasteiger partial charge in [0, 0.05) is 41.6 Å². The molecule has 0 unspecified atom stereocenters. The zero-order valence-electron chi connectivity index (χ0n) is 17.6. The van der Waals surface area contributed by atoms with Gasteiger partial charge in [-0.15, -0.1) is 0 Å².